The van der Waals surface area contributed by atoms with Crippen LogP contribution >= 0.6 is 11.6 Å². The lowest BCUT2D eigenvalue weighted by Gasteiger charge is -2.34. The predicted octanol–water partition coefficient (Wildman–Crippen LogP) is 3.01. The average Bonchev–Trinajstić information content (AvgIpc) is 2.35. The van der Waals surface area contributed by atoms with E-state index in [-0.39, 0.29) is 11.3 Å². The van der Waals surface area contributed by atoms with Gasteiger partial charge in [0.2, 0.25) is 5.91 Å². The minimum atomic E-state index is 0.215. The maximum atomic E-state index is 12.3. The number of carbonyl (C=O) groups is 1. The summed E-state index contributed by atoms with van der Waals surface area (Å²) < 4.78 is 0. The summed E-state index contributed by atoms with van der Waals surface area (Å²) in [4.78, 5) is 14.2. The number of hydrogen-bond donors (Lipinski definition) is 0. The summed E-state index contributed by atoms with van der Waals surface area (Å²) in [7, 11) is 0. The lowest BCUT2D eigenvalue weighted by atomic mass is 9.98. The third kappa shape index (κ3) is 3.05. The molecule has 18 heavy (non-hydrogen) atoms. The zero-order chi connectivity index (χ0) is 13.1. The summed E-state index contributed by atoms with van der Waals surface area (Å²) in [6.45, 7) is 5.75. The zero-order valence-corrected chi connectivity index (χ0v) is 11.8. The lowest BCUT2D eigenvalue weighted by Crippen LogP contribution is -2.44. The van der Waals surface area contributed by atoms with Gasteiger partial charge in [0.15, 0.2) is 0 Å². The van der Waals surface area contributed by atoms with Gasteiger partial charge in [-0.1, -0.05) is 31.2 Å². The number of rotatable bonds is 2. The summed E-state index contributed by atoms with van der Waals surface area (Å²) in [6, 6.07) is 8.08. The van der Waals surface area contributed by atoms with Gasteiger partial charge in [-0.2, -0.15) is 0 Å². The van der Waals surface area contributed by atoms with Crippen molar-refractivity contribution in [3.63, 3.8) is 0 Å². The Balaban J connectivity index is 1.99. The number of carbonyl (C=O) groups excluding carboxylic acids is 1. The number of halogens is 1. The molecular weight excluding hydrogens is 246 g/mol. The molecule has 2 nitrogen and oxygen atoms in total. The monoisotopic (exact) mass is 265 g/mol. The lowest BCUT2D eigenvalue weighted by molar-refractivity contribution is -0.132. The molecule has 0 aliphatic carbocycles. The number of nitrogens with zero attached hydrogens (tertiary/aromatic N) is 1. The second-order valence-electron chi connectivity index (χ2n) is 5.22. The molecule has 0 N–H and O–H groups in total. The molecule has 0 aromatic heterocycles. The van der Waals surface area contributed by atoms with E-state index >= 15 is 0 Å². The Bertz CT molecular complexity index is 432. The van der Waals surface area contributed by atoms with Crippen molar-refractivity contribution in [2.75, 3.05) is 13.1 Å². The molecule has 98 valence electrons. The highest BCUT2D eigenvalue weighted by molar-refractivity contribution is 6.20. The molecule has 1 amide bonds. The van der Waals surface area contributed by atoms with Crippen LogP contribution in [-0.2, 0) is 11.2 Å². The van der Waals surface area contributed by atoms with Gasteiger partial charge in [0, 0.05) is 18.5 Å². The van der Waals surface area contributed by atoms with E-state index < -0.39 is 0 Å². The number of hydrogen-bond acceptors (Lipinski definition) is 1. The predicted molar refractivity (Wildman–Crippen MR) is 74.9 cm³/mol. The third-order valence-corrected chi connectivity index (χ3v) is 4.40. The molecule has 1 aromatic rings. The maximum absolute atomic E-state index is 12.3. The van der Waals surface area contributed by atoms with Crippen LogP contribution < -0.4 is 0 Å². The van der Waals surface area contributed by atoms with Gasteiger partial charge in [-0.05, 0) is 30.4 Å². The first-order chi connectivity index (χ1) is 8.58. The molecule has 1 aromatic carbocycles. The fourth-order valence-electron chi connectivity index (χ4n) is 2.43. The van der Waals surface area contributed by atoms with Crippen molar-refractivity contribution < 1.29 is 4.79 Å². The highest BCUT2D eigenvalue weighted by Crippen LogP contribution is 2.22. The Hall–Kier alpha value is -1.02. The molecule has 1 aliphatic rings. The Morgan fingerprint density at radius 1 is 1.44 bits per heavy atom. The van der Waals surface area contributed by atoms with Crippen molar-refractivity contribution in [2.45, 2.75) is 32.1 Å². The summed E-state index contributed by atoms with van der Waals surface area (Å²) in [6.07, 6.45) is 1.41. The van der Waals surface area contributed by atoms with Gasteiger partial charge < -0.3 is 4.90 Å². The fraction of sp³-hybridized carbons (Fsp3) is 0.533. The smallest absolute Gasteiger partial charge is 0.227 e. The van der Waals surface area contributed by atoms with Gasteiger partial charge in [-0.3, -0.25) is 4.79 Å². The summed E-state index contributed by atoms with van der Waals surface area (Å²) in [5.41, 5.74) is 2.31. The fourth-order valence-corrected chi connectivity index (χ4v) is 2.60. The quantitative estimate of drug-likeness (QED) is 0.753. The van der Waals surface area contributed by atoms with Crippen molar-refractivity contribution in [1.29, 1.82) is 0 Å². The van der Waals surface area contributed by atoms with Crippen LogP contribution in [0.25, 0.3) is 0 Å². The number of amides is 1. The van der Waals surface area contributed by atoms with Crippen LogP contribution in [0.1, 0.15) is 24.5 Å². The van der Waals surface area contributed by atoms with E-state index in [1.165, 1.54) is 5.56 Å². The molecule has 0 bridgehead atoms. The van der Waals surface area contributed by atoms with Crippen molar-refractivity contribution in [2.24, 2.45) is 5.92 Å². The molecule has 1 aliphatic heterocycles. The molecule has 2 atom stereocenters. The molecule has 2 unspecified atom stereocenters. The largest absolute Gasteiger partial charge is 0.342 e. The van der Waals surface area contributed by atoms with E-state index in [2.05, 4.69) is 19.9 Å². The van der Waals surface area contributed by atoms with Gasteiger partial charge >= 0.3 is 0 Å². The number of benzene rings is 1. The van der Waals surface area contributed by atoms with Crippen LogP contribution in [0.5, 0.6) is 0 Å². The first-order valence-corrected chi connectivity index (χ1v) is 6.98. The molecule has 0 spiro atoms. The van der Waals surface area contributed by atoms with E-state index in [0.29, 0.717) is 12.3 Å². The molecule has 1 fully saturated rings. The van der Waals surface area contributed by atoms with Gasteiger partial charge in [-0.25, -0.2) is 0 Å². The molecular formula is C15H20ClNO. The Morgan fingerprint density at radius 3 is 2.83 bits per heavy atom. The number of piperidine rings is 1. The van der Waals surface area contributed by atoms with Gasteiger partial charge in [0.1, 0.15) is 0 Å². The summed E-state index contributed by atoms with van der Waals surface area (Å²) >= 11 is 6.18. The van der Waals surface area contributed by atoms with E-state index in [4.69, 9.17) is 11.6 Å². The zero-order valence-electron chi connectivity index (χ0n) is 11.0. The van der Waals surface area contributed by atoms with E-state index in [1.54, 1.807) is 0 Å². The average molecular weight is 266 g/mol. The van der Waals surface area contributed by atoms with Crippen molar-refractivity contribution in [1.82, 2.24) is 4.90 Å². The van der Waals surface area contributed by atoms with Crippen LogP contribution in [0.4, 0.5) is 0 Å². The van der Waals surface area contributed by atoms with Gasteiger partial charge in [0.25, 0.3) is 0 Å². The summed E-state index contributed by atoms with van der Waals surface area (Å²) in [5, 5.41) is 0.215. The van der Waals surface area contributed by atoms with Gasteiger partial charge in [0.05, 0.1) is 6.42 Å². The molecule has 3 heteroatoms. The minimum Gasteiger partial charge on any atom is -0.342 e. The molecule has 2 rings (SSSR count). The maximum Gasteiger partial charge on any atom is 0.227 e. The van der Waals surface area contributed by atoms with Crippen LogP contribution in [0, 0.1) is 12.8 Å². The number of aryl methyl sites for hydroxylation is 1. The van der Waals surface area contributed by atoms with Crippen LogP contribution in [0.3, 0.4) is 0 Å². The van der Waals surface area contributed by atoms with E-state index in [0.717, 1.165) is 25.1 Å². The standard InChI is InChI=1S/C15H20ClNO/c1-11-5-3-4-6-13(11)9-15(18)17-8-7-14(16)12(2)10-17/h3-6,12,14H,7-10H2,1-2H3. The third-order valence-electron chi connectivity index (χ3n) is 3.76. The molecule has 0 saturated carbocycles. The molecule has 1 heterocycles. The number of likely N-dealkylation sites (tertiary alicyclic amines) is 1. The second kappa shape index (κ2) is 5.75. The summed E-state index contributed by atoms with van der Waals surface area (Å²) in [5.74, 6) is 0.612. The first kappa shape index (κ1) is 13.4. The van der Waals surface area contributed by atoms with Crippen molar-refractivity contribution in [3.05, 3.63) is 35.4 Å². The van der Waals surface area contributed by atoms with E-state index in [1.807, 2.05) is 23.1 Å². The normalized spacial score (nSPS) is 24.1. The van der Waals surface area contributed by atoms with Crippen LogP contribution in [-0.4, -0.2) is 29.3 Å². The van der Waals surface area contributed by atoms with Crippen molar-refractivity contribution in [3.8, 4) is 0 Å². The highest BCUT2D eigenvalue weighted by Gasteiger charge is 2.27. The Morgan fingerprint density at radius 2 is 2.17 bits per heavy atom. The molecule has 1 saturated heterocycles. The number of alkyl halides is 1. The molecule has 0 radical (unpaired) electrons. The Labute approximate surface area is 114 Å². The van der Waals surface area contributed by atoms with Crippen molar-refractivity contribution >= 4 is 17.5 Å². The topological polar surface area (TPSA) is 20.3 Å². The SMILES string of the molecule is Cc1ccccc1CC(=O)N1CCC(Cl)C(C)C1. The second-order valence-corrected chi connectivity index (χ2v) is 5.79. The first-order valence-electron chi connectivity index (χ1n) is 6.54. The van der Waals surface area contributed by atoms with E-state index in [9.17, 15) is 4.79 Å². The van der Waals surface area contributed by atoms with Crippen LogP contribution in [0.15, 0.2) is 24.3 Å². The minimum absolute atomic E-state index is 0.215. The van der Waals surface area contributed by atoms with Gasteiger partial charge in [-0.15, -0.1) is 11.6 Å². The Kier molecular flexibility index (Phi) is 4.28. The highest BCUT2D eigenvalue weighted by atomic mass is 35.5. The van der Waals surface area contributed by atoms with Crippen LogP contribution in [0.2, 0.25) is 0 Å².